The zero-order chi connectivity index (χ0) is 37.5. The Morgan fingerprint density at radius 3 is 1.21 bits per heavy atom. The molecule has 12 rings (SSSR count). The van der Waals surface area contributed by atoms with Gasteiger partial charge in [0, 0.05) is 77.2 Å². The summed E-state index contributed by atoms with van der Waals surface area (Å²) < 4.78 is 7.69. The molecular weight excluding hydrogens is 751 g/mol. The molecule has 12 aromatic rings. The first-order valence-electron chi connectivity index (χ1n) is 18.9. The van der Waals surface area contributed by atoms with Crippen molar-refractivity contribution in [2.24, 2.45) is 0 Å². The van der Waals surface area contributed by atoms with E-state index in [-0.39, 0.29) is 0 Å². The monoisotopic (exact) mass is 779 g/mol. The van der Waals surface area contributed by atoms with Gasteiger partial charge in [-0.3, -0.25) is 0 Å². The number of thiophene rings is 3. The summed E-state index contributed by atoms with van der Waals surface area (Å²) in [5, 5.41) is 7.64. The van der Waals surface area contributed by atoms with Crippen LogP contribution >= 0.6 is 34.0 Å². The summed E-state index contributed by atoms with van der Waals surface area (Å²) in [4.78, 5) is 15.2. The summed E-state index contributed by atoms with van der Waals surface area (Å²) in [6.45, 7) is 0. The van der Waals surface area contributed by atoms with E-state index in [2.05, 4.69) is 140 Å². The second kappa shape index (κ2) is 13.0. The number of fused-ring (bicyclic) bond motifs is 9. The molecule has 4 aromatic heterocycles. The largest absolute Gasteiger partial charge is 0.208 e. The highest BCUT2D eigenvalue weighted by atomic mass is 32.1. The van der Waals surface area contributed by atoms with Crippen LogP contribution in [-0.4, -0.2) is 15.0 Å². The lowest BCUT2D eigenvalue weighted by Gasteiger charge is -2.10. The third kappa shape index (κ3) is 5.33. The van der Waals surface area contributed by atoms with Crippen LogP contribution in [0.25, 0.3) is 117 Å². The molecule has 0 saturated carbocycles. The minimum absolute atomic E-state index is 0.662. The standard InChI is InChI=1S/C51H29N3S3/c1-3-12-30(13-4-1)49-52-50(31-14-5-2-6-15-31)54-51(53-49)37-19-11-23-45-48(37)39-29-33(25-27-42(39)57-45)35-18-10-22-44-47(35)38-28-32(24-26-41(38)56-44)34-17-9-21-43-46(34)36-16-7-8-20-40(36)55-43/h1-29H. The molecule has 57 heavy (non-hydrogen) atoms. The maximum Gasteiger partial charge on any atom is 0.164 e. The van der Waals surface area contributed by atoms with E-state index in [0.29, 0.717) is 17.5 Å². The van der Waals surface area contributed by atoms with Gasteiger partial charge in [-0.15, -0.1) is 34.0 Å². The fraction of sp³-hybridized carbons (Fsp3) is 0. The minimum Gasteiger partial charge on any atom is -0.208 e. The predicted molar refractivity (Wildman–Crippen MR) is 246 cm³/mol. The third-order valence-electron chi connectivity index (χ3n) is 11.0. The molecule has 0 bridgehead atoms. The van der Waals surface area contributed by atoms with Crippen molar-refractivity contribution in [3.63, 3.8) is 0 Å². The number of hydrogen-bond acceptors (Lipinski definition) is 6. The molecule has 3 nitrogen and oxygen atoms in total. The quantitative estimate of drug-likeness (QED) is 0.175. The van der Waals surface area contributed by atoms with Crippen molar-refractivity contribution in [2.45, 2.75) is 0 Å². The van der Waals surface area contributed by atoms with Gasteiger partial charge in [-0.25, -0.2) is 15.0 Å². The molecule has 266 valence electrons. The average molecular weight is 780 g/mol. The first-order valence-corrected chi connectivity index (χ1v) is 21.4. The second-order valence-electron chi connectivity index (χ2n) is 14.3. The van der Waals surface area contributed by atoms with Gasteiger partial charge in [-0.1, -0.05) is 127 Å². The van der Waals surface area contributed by atoms with Gasteiger partial charge in [0.2, 0.25) is 0 Å². The Hall–Kier alpha value is -6.57. The van der Waals surface area contributed by atoms with E-state index in [9.17, 15) is 0 Å². The Bertz CT molecular complexity index is 3470. The minimum atomic E-state index is 0.662. The van der Waals surface area contributed by atoms with E-state index in [1.165, 1.54) is 82.8 Å². The molecule has 4 heterocycles. The number of hydrogen-bond donors (Lipinski definition) is 0. The van der Waals surface area contributed by atoms with Gasteiger partial charge in [0.15, 0.2) is 17.5 Å². The fourth-order valence-electron chi connectivity index (χ4n) is 8.36. The highest BCUT2D eigenvalue weighted by Gasteiger charge is 2.19. The SMILES string of the molecule is c1ccc(-c2nc(-c3ccccc3)nc(-c3cccc4sc5ccc(-c6cccc7sc8ccc(-c9cccc%10sc%11ccccc%11c9%10)cc8c67)cc5c34)n2)cc1. The van der Waals surface area contributed by atoms with Crippen LogP contribution in [0.4, 0.5) is 0 Å². The molecule has 0 amide bonds. The van der Waals surface area contributed by atoms with E-state index in [1.54, 1.807) is 0 Å². The Kier molecular flexibility index (Phi) is 7.45. The molecule has 0 unspecified atom stereocenters. The average Bonchev–Trinajstić information content (AvgIpc) is 3.97. The first kappa shape index (κ1) is 32.7. The summed E-state index contributed by atoms with van der Waals surface area (Å²) in [7, 11) is 0. The van der Waals surface area contributed by atoms with Crippen LogP contribution in [0.3, 0.4) is 0 Å². The summed E-state index contributed by atoms with van der Waals surface area (Å²) in [6, 6.07) is 63.1. The number of nitrogens with zero attached hydrogens (tertiary/aromatic N) is 3. The van der Waals surface area contributed by atoms with Gasteiger partial charge in [-0.2, -0.15) is 0 Å². The van der Waals surface area contributed by atoms with Crippen LogP contribution < -0.4 is 0 Å². The van der Waals surface area contributed by atoms with E-state index >= 15 is 0 Å². The smallest absolute Gasteiger partial charge is 0.164 e. The lowest BCUT2D eigenvalue weighted by Crippen LogP contribution is -2.00. The van der Waals surface area contributed by atoms with E-state index < -0.39 is 0 Å². The topological polar surface area (TPSA) is 38.7 Å². The molecule has 0 atom stereocenters. The second-order valence-corrected chi connectivity index (χ2v) is 17.5. The molecule has 0 fully saturated rings. The van der Waals surface area contributed by atoms with Crippen LogP contribution in [0, 0.1) is 0 Å². The van der Waals surface area contributed by atoms with Crippen LogP contribution in [0.1, 0.15) is 0 Å². The van der Waals surface area contributed by atoms with Crippen molar-refractivity contribution >= 4 is 94.5 Å². The molecule has 0 N–H and O–H groups in total. The molecule has 0 aliphatic rings. The number of rotatable bonds is 5. The maximum absolute atomic E-state index is 5.13. The van der Waals surface area contributed by atoms with Crippen LogP contribution in [0.5, 0.6) is 0 Å². The summed E-state index contributed by atoms with van der Waals surface area (Å²) in [6.07, 6.45) is 0. The summed E-state index contributed by atoms with van der Waals surface area (Å²) in [5.74, 6) is 2.00. The highest BCUT2D eigenvalue weighted by Crippen LogP contribution is 2.46. The lowest BCUT2D eigenvalue weighted by atomic mass is 9.95. The first-order chi connectivity index (χ1) is 28.2. The zero-order valence-corrected chi connectivity index (χ0v) is 32.8. The van der Waals surface area contributed by atoms with Gasteiger partial charge in [0.05, 0.1) is 0 Å². The number of aromatic nitrogens is 3. The zero-order valence-electron chi connectivity index (χ0n) is 30.3. The van der Waals surface area contributed by atoms with Crippen molar-refractivity contribution in [2.75, 3.05) is 0 Å². The molecule has 6 heteroatoms. The maximum atomic E-state index is 5.13. The lowest BCUT2D eigenvalue weighted by molar-refractivity contribution is 1.08. The molecule has 0 aliphatic carbocycles. The van der Waals surface area contributed by atoms with Gasteiger partial charge in [0.25, 0.3) is 0 Å². The van der Waals surface area contributed by atoms with E-state index in [1.807, 2.05) is 70.4 Å². The molecule has 8 aromatic carbocycles. The van der Waals surface area contributed by atoms with Gasteiger partial charge >= 0.3 is 0 Å². The molecule has 0 aliphatic heterocycles. The molecule has 0 radical (unpaired) electrons. The van der Waals surface area contributed by atoms with Gasteiger partial charge in [0.1, 0.15) is 0 Å². The van der Waals surface area contributed by atoms with Crippen LogP contribution in [-0.2, 0) is 0 Å². The van der Waals surface area contributed by atoms with Crippen molar-refractivity contribution in [3.8, 4) is 56.4 Å². The van der Waals surface area contributed by atoms with Gasteiger partial charge < -0.3 is 0 Å². The highest BCUT2D eigenvalue weighted by molar-refractivity contribution is 7.26. The van der Waals surface area contributed by atoms with Crippen LogP contribution in [0.15, 0.2) is 176 Å². The third-order valence-corrected chi connectivity index (χ3v) is 14.4. The Balaban J connectivity index is 1.05. The Labute approximate surface area is 339 Å². The Morgan fingerprint density at radius 1 is 0.263 bits per heavy atom. The molecular formula is C51H29N3S3. The molecule has 0 spiro atoms. The fourth-order valence-corrected chi connectivity index (χ4v) is 11.7. The van der Waals surface area contributed by atoms with Crippen molar-refractivity contribution in [1.29, 1.82) is 0 Å². The predicted octanol–water partition coefficient (Wildman–Crippen LogP) is 15.3. The van der Waals surface area contributed by atoms with Crippen molar-refractivity contribution < 1.29 is 0 Å². The Morgan fingerprint density at radius 2 is 0.667 bits per heavy atom. The normalized spacial score (nSPS) is 11.9. The summed E-state index contributed by atoms with van der Waals surface area (Å²) >= 11 is 5.56. The van der Waals surface area contributed by atoms with Crippen molar-refractivity contribution in [3.05, 3.63) is 176 Å². The van der Waals surface area contributed by atoms with Crippen LogP contribution in [0.2, 0.25) is 0 Å². The van der Waals surface area contributed by atoms with Gasteiger partial charge in [-0.05, 0) is 70.8 Å². The van der Waals surface area contributed by atoms with E-state index in [0.717, 1.165) is 16.7 Å². The number of benzene rings is 8. The molecule has 0 saturated heterocycles. The van der Waals surface area contributed by atoms with Crippen molar-refractivity contribution in [1.82, 2.24) is 15.0 Å². The summed E-state index contributed by atoms with van der Waals surface area (Å²) in [5.41, 5.74) is 7.90. The van der Waals surface area contributed by atoms with E-state index in [4.69, 9.17) is 15.0 Å².